The fraction of sp³-hybridized carbons (Fsp3) is 0.348. The smallest absolute Gasteiger partial charge is 0.257 e. The molecule has 0 bridgehead atoms. The second-order valence-corrected chi connectivity index (χ2v) is 7.80. The Bertz CT molecular complexity index is 908. The quantitative estimate of drug-likeness (QED) is 0.702. The Labute approximate surface area is 182 Å². The van der Waals surface area contributed by atoms with Gasteiger partial charge in [0, 0.05) is 18.7 Å². The van der Waals surface area contributed by atoms with Crippen molar-refractivity contribution >= 4 is 34.8 Å². The van der Waals surface area contributed by atoms with E-state index in [-0.39, 0.29) is 23.0 Å². The molecule has 2 N–H and O–H groups in total. The molecule has 2 aromatic rings. The first kappa shape index (κ1) is 21.8. The third-order valence-electron chi connectivity index (χ3n) is 5.43. The predicted octanol–water partition coefficient (Wildman–Crippen LogP) is 4.23. The Balaban J connectivity index is 1.66. The Hall–Kier alpha value is -2.93. The third-order valence-corrected chi connectivity index (χ3v) is 5.63. The third kappa shape index (κ3) is 5.36. The molecule has 1 aliphatic carbocycles. The number of carbonyl (C=O) groups is 2. The molecule has 3 rings (SSSR count). The number of thiocarbonyl (C=S) groups is 1. The SMILES string of the molecule is COc1ccc(C(=O)NC(=S)Nc2ccccc2C(=O)N(C)C2CCCCC2)cc1. The summed E-state index contributed by atoms with van der Waals surface area (Å²) in [5.41, 5.74) is 1.57. The summed E-state index contributed by atoms with van der Waals surface area (Å²) in [5, 5.41) is 5.79. The van der Waals surface area contributed by atoms with Crippen LogP contribution in [0.4, 0.5) is 5.69 Å². The van der Waals surface area contributed by atoms with E-state index in [4.69, 9.17) is 17.0 Å². The van der Waals surface area contributed by atoms with E-state index in [2.05, 4.69) is 10.6 Å². The second kappa shape index (κ2) is 10.2. The maximum atomic E-state index is 13.1. The Kier molecular flexibility index (Phi) is 7.41. The zero-order valence-corrected chi connectivity index (χ0v) is 18.1. The van der Waals surface area contributed by atoms with Crippen LogP contribution in [0.25, 0.3) is 0 Å². The number of nitrogens with one attached hydrogen (secondary N) is 2. The van der Waals surface area contributed by atoms with Crippen molar-refractivity contribution in [3.63, 3.8) is 0 Å². The van der Waals surface area contributed by atoms with Gasteiger partial charge in [0.2, 0.25) is 0 Å². The van der Waals surface area contributed by atoms with Crippen molar-refractivity contribution in [1.82, 2.24) is 10.2 Å². The minimum Gasteiger partial charge on any atom is -0.497 e. The van der Waals surface area contributed by atoms with Gasteiger partial charge >= 0.3 is 0 Å². The number of anilines is 1. The molecule has 0 unspecified atom stereocenters. The van der Waals surface area contributed by atoms with Gasteiger partial charge in [0.15, 0.2) is 5.11 Å². The van der Waals surface area contributed by atoms with Gasteiger partial charge in [-0.05, 0) is 61.5 Å². The molecular weight excluding hydrogens is 398 g/mol. The van der Waals surface area contributed by atoms with E-state index in [0.717, 1.165) is 25.7 Å². The summed E-state index contributed by atoms with van der Waals surface area (Å²) >= 11 is 5.31. The van der Waals surface area contributed by atoms with Crippen molar-refractivity contribution in [3.8, 4) is 5.75 Å². The van der Waals surface area contributed by atoms with Crippen LogP contribution in [-0.4, -0.2) is 42.0 Å². The first-order valence-corrected chi connectivity index (χ1v) is 10.5. The van der Waals surface area contributed by atoms with Crippen LogP contribution >= 0.6 is 12.2 Å². The number of carbonyl (C=O) groups excluding carboxylic acids is 2. The molecule has 1 saturated carbocycles. The highest BCUT2D eigenvalue weighted by molar-refractivity contribution is 7.80. The molecule has 0 atom stereocenters. The summed E-state index contributed by atoms with van der Waals surface area (Å²) in [5.74, 6) is 0.286. The number of hydrogen-bond donors (Lipinski definition) is 2. The van der Waals surface area contributed by atoms with E-state index in [1.54, 1.807) is 43.5 Å². The average Bonchev–Trinajstić information content (AvgIpc) is 2.79. The van der Waals surface area contributed by atoms with Crippen molar-refractivity contribution in [1.29, 1.82) is 0 Å². The zero-order valence-electron chi connectivity index (χ0n) is 17.3. The second-order valence-electron chi connectivity index (χ2n) is 7.39. The van der Waals surface area contributed by atoms with Crippen LogP contribution in [0.1, 0.15) is 52.8 Å². The van der Waals surface area contributed by atoms with E-state index in [9.17, 15) is 9.59 Å². The molecule has 30 heavy (non-hydrogen) atoms. The summed E-state index contributed by atoms with van der Waals surface area (Å²) in [6.45, 7) is 0. The maximum absolute atomic E-state index is 13.1. The summed E-state index contributed by atoms with van der Waals surface area (Å²) < 4.78 is 5.10. The van der Waals surface area contributed by atoms with Gasteiger partial charge in [-0.2, -0.15) is 0 Å². The number of ether oxygens (including phenoxy) is 1. The van der Waals surface area contributed by atoms with Gasteiger partial charge in [-0.15, -0.1) is 0 Å². The fourth-order valence-corrected chi connectivity index (χ4v) is 3.88. The largest absolute Gasteiger partial charge is 0.497 e. The van der Waals surface area contributed by atoms with E-state index < -0.39 is 0 Å². The Morgan fingerprint density at radius 3 is 2.37 bits per heavy atom. The summed E-state index contributed by atoms with van der Waals surface area (Å²) in [6, 6.07) is 14.2. The zero-order chi connectivity index (χ0) is 21.5. The van der Waals surface area contributed by atoms with Gasteiger partial charge in [-0.25, -0.2) is 0 Å². The number of hydrogen-bond acceptors (Lipinski definition) is 4. The van der Waals surface area contributed by atoms with Crippen LogP contribution in [0, 0.1) is 0 Å². The molecule has 158 valence electrons. The van der Waals surface area contributed by atoms with E-state index in [0.29, 0.717) is 22.6 Å². The molecule has 2 amide bonds. The standard InChI is InChI=1S/C23H27N3O3S/c1-26(17-8-4-3-5-9-17)22(28)19-10-6-7-11-20(19)24-23(30)25-21(27)16-12-14-18(29-2)15-13-16/h6-7,10-15,17H,3-5,8-9H2,1-2H3,(H2,24,25,27,30). The van der Waals surface area contributed by atoms with Crippen LogP contribution in [0.2, 0.25) is 0 Å². The van der Waals surface area contributed by atoms with Crippen molar-refractivity contribution < 1.29 is 14.3 Å². The van der Waals surface area contributed by atoms with Crippen molar-refractivity contribution in [2.75, 3.05) is 19.5 Å². The molecule has 1 fully saturated rings. The highest BCUT2D eigenvalue weighted by atomic mass is 32.1. The summed E-state index contributed by atoms with van der Waals surface area (Å²) in [7, 11) is 3.43. The predicted molar refractivity (Wildman–Crippen MR) is 122 cm³/mol. The molecule has 6 nitrogen and oxygen atoms in total. The van der Waals surface area contributed by atoms with E-state index in [1.165, 1.54) is 6.42 Å². The molecule has 2 aromatic carbocycles. The molecular formula is C23H27N3O3S. The Morgan fingerprint density at radius 2 is 1.70 bits per heavy atom. The monoisotopic (exact) mass is 425 g/mol. The van der Waals surface area contributed by atoms with E-state index >= 15 is 0 Å². The lowest BCUT2D eigenvalue weighted by atomic mass is 9.94. The van der Waals surface area contributed by atoms with Crippen LogP contribution < -0.4 is 15.4 Å². The van der Waals surface area contributed by atoms with Crippen LogP contribution in [0.3, 0.4) is 0 Å². The first-order chi connectivity index (χ1) is 14.5. The van der Waals surface area contributed by atoms with Crippen LogP contribution in [-0.2, 0) is 0 Å². The number of nitrogens with zero attached hydrogens (tertiary/aromatic N) is 1. The van der Waals surface area contributed by atoms with Crippen molar-refractivity contribution in [2.24, 2.45) is 0 Å². The van der Waals surface area contributed by atoms with E-state index in [1.807, 2.05) is 24.1 Å². The lowest BCUT2D eigenvalue weighted by molar-refractivity contribution is 0.0697. The number of para-hydroxylation sites is 1. The molecule has 0 aliphatic heterocycles. The number of rotatable bonds is 5. The van der Waals surface area contributed by atoms with Gasteiger partial charge < -0.3 is 15.0 Å². The molecule has 1 aliphatic rings. The average molecular weight is 426 g/mol. The molecule has 0 aromatic heterocycles. The highest BCUT2D eigenvalue weighted by Crippen LogP contribution is 2.25. The minimum absolute atomic E-state index is 0.0470. The number of benzene rings is 2. The molecule has 7 heteroatoms. The van der Waals surface area contributed by atoms with Crippen LogP contribution in [0.5, 0.6) is 5.75 Å². The molecule has 0 spiro atoms. The highest BCUT2D eigenvalue weighted by Gasteiger charge is 2.24. The molecule has 0 heterocycles. The van der Waals surface area contributed by atoms with Gasteiger partial charge in [0.05, 0.1) is 18.4 Å². The van der Waals surface area contributed by atoms with Gasteiger partial charge in [0.25, 0.3) is 11.8 Å². The normalized spacial score (nSPS) is 13.9. The van der Waals surface area contributed by atoms with Gasteiger partial charge in [-0.3, -0.25) is 14.9 Å². The number of amides is 2. The van der Waals surface area contributed by atoms with Gasteiger partial charge in [0.1, 0.15) is 5.75 Å². The topological polar surface area (TPSA) is 70.7 Å². The van der Waals surface area contributed by atoms with Gasteiger partial charge in [-0.1, -0.05) is 31.4 Å². The summed E-state index contributed by atoms with van der Waals surface area (Å²) in [6.07, 6.45) is 5.62. The summed E-state index contributed by atoms with van der Waals surface area (Å²) in [4.78, 5) is 27.3. The lowest BCUT2D eigenvalue weighted by Gasteiger charge is -2.31. The van der Waals surface area contributed by atoms with Crippen molar-refractivity contribution in [3.05, 3.63) is 59.7 Å². The first-order valence-electron chi connectivity index (χ1n) is 10.1. The Morgan fingerprint density at radius 1 is 1.03 bits per heavy atom. The molecule has 0 saturated heterocycles. The lowest BCUT2D eigenvalue weighted by Crippen LogP contribution is -2.39. The fourth-order valence-electron chi connectivity index (χ4n) is 3.67. The maximum Gasteiger partial charge on any atom is 0.257 e. The minimum atomic E-state index is -0.335. The van der Waals surface area contributed by atoms with Crippen molar-refractivity contribution in [2.45, 2.75) is 38.1 Å². The van der Waals surface area contributed by atoms with Crippen LogP contribution in [0.15, 0.2) is 48.5 Å². The number of methoxy groups -OCH3 is 1. The molecule has 0 radical (unpaired) electrons.